The summed E-state index contributed by atoms with van der Waals surface area (Å²) in [7, 11) is 1.30. The van der Waals surface area contributed by atoms with Crippen molar-refractivity contribution in [1.82, 2.24) is 0 Å². The molecule has 0 aromatic carbocycles. The number of ketones is 2. The van der Waals surface area contributed by atoms with Crippen molar-refractivity contribution in [2.24, 2.45) is 5.92 Å². The maximum Gasteiger partial charge on any atom is 0.316 e. The third-order valence-corrected chi connectivity index (χ3v) is 2.37. The number of carbonyl (C=O) groups excluding carboxylic acids is 3. The summed E-state index contributed by atoms with van der Waals surface area (Å²) in [5.41, 5.74) is 0. The number of carboxylic acids is 1. The average Bonchev–Trinajstić information content (AvgIpc) is 2.38. The minimum absolute atomic E-state index is 0.0423. The molecule has 0 saturated heterocycles. The van der Waals surface area contributed by atoms with Gasteiger partial charge in [0.05, 0.1) is 7.11 Å². The molecule has 1 N–H and O–H groups in total. The summed E-state index contributed by atoms with van der Waals surface area (Å²) in [6.07, 6.45) is 0.899. The Hall–Kier alpha value is -1.72. The predicted molar refractivity (Wildman–Crippen MR) is 68.6 cm³/mol. The Labute approximate surface area is 113 Å². The van der Waals surface area contributed by atoms with Gasteiger partial charge in [-0.1, -0.05) is 20.8 Å². The van der Waals surface area contributed by atoms with Crippen molar-refractivity contribution in [3.05, 3.63) is 0 Å². The van der Waals surface area contributed by atoms with E-state index in [1.807, 2.05) is 0 Å². The molecule has 6 nitrogen and oxygen atoms in total. The first-order valence-electron chi connectivity index (χ1n) is 6.17. The Morgan fingerprint density at radius 2 is 1.58 bits per heavy atom. The Bertz CT molecular complexity index is 305. The van der Waals surface area contributed by atoms with Crippen molar-refractivity contribution in [3.63, 3.8) is 0 Å². The number of rotatable bonds is 7. The van der Waals surface area contributed by atoms with Crippen LogP contribution in [0, 0.1) is 5.92 Å². The molecular weight excluding hydrogens is 252 g/mol. The van der Waals surface area contributed by atoms with E-state index in [1.165, 1.54) is 7.11 Å². The second-order valence-corrected chi connectivity index (χ2v) is 3.77. The number of carboxylic acid groups (broad SMARTS) is 1. The van der Waals surface area contributed by atoms with Gasteiger partial charge in [-0.05, 0) is 6.42 Å². The Morgan fingerprint density at radius 1 is 1.05 bits per heavy atom. The lowest BCUT2D eigenvalue weighted by molar-refractivity contribution is -0.149. The third-order valence-electron chi connectivity index (χ3n) is 2.37. The number of methoxy groups -OCH3 is 1. The smallest absolute Gasteiger partial charge is 0.316 e. The molecule has 1 unspecified atom stereocenters. The lowest BCUT2D eigenvalue weighted by Gasteiger charge is -2.08. The highest BCUT2D eigenvalue weighted by Gasteiger charge is 2.23. The van der Waals surface area contributed by atoms with Crippen molar-refractivity contribution < 1.29 is 29.0 Å². The second kappa shape index (κ2) is 11.4. The van der Waals surface area contributed by atoms with Crippen LogP contribution < -0.4 is 0 Å². The van der Waals surface area contributed by atoms with E-state index in [0.717, 1.165) is 0 Å². The highest BCUT2D eigenvalue weighted by atomic mass is 16.5. The van der Waals surface area contributed by atoms with Gasteiger partial charge in [0.2, 0.25) is 0 Å². The van der Waals surface area contributed by atoms with Crippen molar-refractivity contribution in [2.45, 2.75) is 46.5 Å². The van der Waals surface area contributed by atoms with Crippen LogP contribution in [0.2, 0.25) is 0 Å². The van der Waals surface area contributed by atoms with Gasteiger partial charge in [-0.3, -0.25) is 19.2 Å². The van der Waals surface area contributed by atoms with E-state index in [0.29, 0.717) is 19.3 Å². The molecular formula is C13H22O6. The summed E-state index contributed by atoms with van der Waals surface area (Å²) < 4.78 is 4.47. The molecule has 0 aliphatic heterocycles. The quantitative estimate of drug-likeness (QED) is 0.559. The lowest BCUT2D eigenvalue weighted by atomic mass is 10.00. The van der Waals surface area contributed by atoms with Crippen LogP contribution in [0.1, 0.15) is 46.5 Å². The minimum Gasteiger partial charge on any atom is -0.481 e. The van der Waals surface area contributed by atoms with Gasteiger partial charge >= 0.3 is 11.9 Å². The molecule has 0 fully saturated rings. The highest BCUT2D eigenvalue weighted by Crippen LogP contribution is 2.08. The molecule has 0 saturated carbocycles. The minimum atomic E-state index is -1.04. The fourth-order valence-electron chi connectivity index (χ4n) is 1.21. The summed E-state index contributed by atoms with van der Waals surface area (Å²) >= 11 is 0. The Kier molecular flexibility index (Phi) is 11.7. The van der Waals surface area contributed by atoms with Crippen LogP contribution in [0.3, 0.4) is 0 Å². The SMILES string of the molecule is CCC(=O)C(CC)C(=O)OC.CCC(=O)CC(=O)O. The van der Waals surface area contributed by atoms with Crippen LogP contribution in [-0.2, 0) is 23.9 Å². The number of hydrogen-bond donors (Lipinski definition) is 1. The van der Waals surface area contributed by atoms with Gasteiger partial charge in [0, 0.05) is 12.8 Å². The fraction of sp³-hybridized carbons (Fsp3) is 0.692. The number of carbonyl (C=O) groups is 4. The molecule has 19 heavy (non-hydrogen) atoms. The molecule has 110 valence electrons. The first-order valence-corrected chi connectivity index (χ1v) is 6.17. The molecule has 0 amide bonds. The molecule has 6 heteroatoms. The molecule has 0 rings (SSSR count). The molecule has 0 spiro atoms. The topological polar surface area (TPSA) is 97.7 Å². The van der Waals surface area contributed by atoms with Crippen LogP contribution in [0.15, 0.2) is 0 Å². The first-order chi connectivity index (χ1) is 8.83. The van der Waals surface area contributed by atoms with Crippen molar-refractivity contribution >= 4 is 23.5 Å². The van der Waals surface area contributed by atoms with Gasteiger partial charge in [0.1, 0.15) is 23.9 Å². The monoisotopic (exact) mass is 274 g/mol. The molecule has 0 radical (unpaired) electrons. The maximum absolute atomic E-state index is 11.0. The van der Waals surface area contributed by atoms with Crippen LogP contribution in [0.25, 0.3) is 0 Å². The zero-order chi connectivity index (χ0) is 15.4. The molecule has 1 atom stereocenters. The summed E-state index contributed by atoms with van der Waals surface area (Å²) in [6.45, 7) is 5.19. The Balaban J connectivity index is 0. The number of ether oxygens (including phenoxy) is 1. The zero-order valence-corrected chi connectivity index (χ0v) is 11.9. The van der Waals surface area contributed by atoms with E-state index in [-0.39, 0.29) is 18.0 Å². The van der Waals surface area contributed by atoms with Crippen molar-refractivity contribution in [3.8, 4) is 0 Å². The standard InChI is InChI=1S/C8H14O3.C5H8O3/c1-4-6(7(9)5-2)8(10)11-3;1-2-4(6)3-5(7)8/h6H,4-5H2,1-3H3;2-3H2,1H3,(H,7,8). The second-order valence-electron chi connectivity index (χ2n) is 3.77. The lowest BCUT2D eigenvalue weighted by Crippen LogP contribution is -2.23. The third kappa shape index (κ3) is 9.93. The zero-order valence-electron chi connectivity index (χ0n) is 11.9. The molecule has 0 aliphatic rings. The molecule has 0 bridgehead atoms. The number of esters is 1. The number of aliphatic carboxylic acids is 1. The van der Waals surface area contributed by atoms with Gasteiger partial charge in [-0.25, -0.2) is 0 Å². The van der Waals surface area contributed by atoms with Gasteiger partial charge < -0.3 is 9.84 Å². The predicted octanol–water partition coefficient (Wildman–Crippen LogP) is 1.60. The van der Waals surface area contributed by atoms with Gasteiger partial charge in [0.15, 0.2) is 0 Å². The van der Waals surface area contributed by atoms with Crippen molar-refractivity contribution in [2.75, 3.05) is 7.11 Å². The van der Waals surface area contributed by atoms with E-state index in [2.05, 4.69) is 4.74 Å². The average molecular weight is 274 g/mol. The van der Waals surface area contributed by atoms with Crippen LogP contribution in [0.5, 0.6) is 0 Å². The number of Topliss-reactive ketones (excluding diaryl/α,β-unsaturated/α-hetero) is 2. The van der Waals surface area contributed by atoms with E-state index in [9.17, 15) is 19.2 Å². The molecule has 0 aromatic heterocycles. The van der Waals surface area contributed by atoms with Crippen LogP contribution in [0.4, 0.5) is 0 Å². The summed E-state index contributed by atoms with van der Waals surface area (Å²) in [4.78, 5) is 41.9. The summed E-state index contributed by atoms with van der Waals surface area (Å²) in [6, 6.07) is 0. The van der Waals surface area contributed by atoms with Gasteiger partial charge in [0.25, 0.3) is 0 Å². The highest BCUT2D eigenvalue weighted by molar-refractivity contribution is 5.98. The summed E-state index contributed by atoms with van der Waals surface area (Å²) in [5.74, 6) is -2.28. The maximum atomic E-state index is 11.0. The molecule has 0 aromatic rings. The van der Waals surface area contributed by atoms with E-state index in [1.54, 1.807) is 20.8 Å². The largest absolute Gasteiger partial charge is 0.481 e. The van der Waals surface area contributed by atoms with E-state index < -0.39 is 17.9 Å². The first kappa shape index (κ1) is 19.6. The normalized spacial score (nSPS) is 10.7. The van der Waals surface area contributed by atoms with E-state index >= 15 is 0 Å². The van der Waals surface area contributed by atoms with E-state index in [4.69, 9.17) is 5.11 Å². The van der Waals surface area contributed by atoms with Crippen LogP contribution in [-0.4, -0.2) is 35.7 Å². The van der Waals surface area contributed by atoms with Crippen LogP contribution >= 0.6 is 0 Å². The van der Waals surface area contributed by atoms with Gasteiger partial charge in [-0.15, -0.1) is 0 Å². The Morgan fingerprint density at radius 3 is 1.79 bits per heavy atom. The number of hydrogen-bond acceptors (Lipinski definition) is 5. The summed E-state index contributed by atoms with van der Waals surface area (Å²) in [5, 5.41) is 7.99. The molecule has 0 heterocycles. The molecule has 0 aliphatic carbocycles. The van der Waals surface area contributed by atoms with Gasteiger partial charge in [-0.2, -0.15) is 0 Å². The van der Waals surface area contributed by atoms with Crippen molar-refractivity contribution in [1.29, 1.82) is 0 Å². The fourth-order valence-corrected chi connectivity index (χ4v) is 1.21.